The van der Waals surface area contributed by atoms with Crippen molar-refractivity contribution in [2.75, 3.05) is 6.54 Å². The number of aromatic nitrogens is 2. The zero-order valence-corrected chi connectivity index (χ0v) is 13.2. The highest BCUT2D eigenvalue weighted by molar-refractivity contribution is 5.81. The Morgan fingerprint density at radius 2 is 2.08 bits per heavy atom. The predicted octanol–water partition coefficient (Wildman–Crippen LogP) is 1.35. The molecule has 1 atom stereocenters. The van der Waals surface area contributed by atoms with Crippen LogP contribution >= 0.6 is 0 Å². The Morgan fingerprint density at radius 3 is 2.72 bits per heavy atom. The quantitative estimate of drug-likeness (QED) is 0.775. The summed E-state index contributed by atoms with van der Waals surface area (Å²) in [7, 11) is 0. The van der Waals surface area contributed by atoms with E-state index in [1.165, 1.54) is 0 Å². The van der Waals surface area contributed by atoms with Crippen LogP contribution in [0.5, 0.6) is 0 Å². The van der Waals surface area contributed by atoms with Crippen molar-refractivity contribution in [2.24, 2.45) is 0 Å². The average Bonchev–Trinajstić information content (AvgIpc) is 3.01. The topological polar surface area (TPSA) is 79.2 Å². The Morgan fingerprint density at radius 1 is 1.36 bits per heavy atom. The molecule has 0 fully saturated rings. The number of nitrogens with one attached hydrogen (secondary N) is 2. The normalized spacial score (nSPS) is 15.5. The van der Waals surface area contributed by atoms with E-state index >= 15 is 0 Å². The Balaban J connectivity index is 1.60. The molecular formula is C16H17F3N4O2. The van der Waals surface area contributed by atoms with Gasteiger partial charge in [0.25, 0.3) is 5.91 Å². The molecule has 3 N–H and O–H groups in total. The number of rotatable bonds is 4. The summed E-state index contributed by atoms with van der Waals surface area (Å²) in [6, 6.07) is 5.71. The van der Waals surface area contributed by atoms with Crippen molar-refractivity contribution in [2.45, 2.75) is 31.9 Å². The van der Waals surface area contributed by atoms with Crippen LogP contribution in [-0.2, 0) is 30.6 Å². The van der Waals surface area contributed by atoms with Crippen molar-refractivity contribution in [3.8, 4) is 0 Å². The first-order valence-electron chi connectivity index (χ1n) is 7.74. The number of fused-ring (bicyclic) bond motifs is 1. The standard InChI is InChI=1S/C16H17F3N4O2/c17-16(18,19)11-3-1-10(2-4-11)14(24)15(25)21-8-12-7-13-9-20-5-6-23(13)22-12/h1-4,7,14,20,24H,5-6,8-9H2,(H,21,25). The molecular weight excluding hydrogens is 337 g/mol. The lowest BCUT2D eigenvalue weighted by Gasteiger charge is -2.13. The molecule has 1 aliphatic rings. The minimum atomic E-state index is -4.46. The number of aliphatic hydroxyl groups is 1. The van der Waals surface area contributed by atoms with Crippen LogP contribution in [0, 0.1) is 0 Å². The fourth-order valence-electron chi connectivity index (χ4n) is 2.62. The van der Waals surface area contributed by atoms with Gasteiger partial charge in [-0.3, -0.25) is 9.48 Å². The first kappa shape index (κ1) is 17.4. The maximum atomic E-state index is 12.5. The van der Waals surface area contributed by atoms with Crippen molar-refractivity contribution >= 4 is 5.91 Å². The first-order valence-corrected chi connectivity index (χ1v) is 7.74. The number of aliphatic hydroxyl groups excluding tert-OH is 1. The van der Waals surface area contributed by atoms with Crippen molar-refractivity contribution in [3.63, 3.8) is 0 Å². The van der Waals surface area contributed by atoms with Crippen LogP contribution in [0.15, 0.2) is 30.3 Å². The van der Waals surface area contributed by atoms with Gasteiger partial charge in [-0.15, -0.1) is 0 Å². The van der Waals surface area contributed by atoms with Gasteiger partial charge in [-0.2, -0.15) is 18.3 Å². The van der Waals surface area contributed by atoms with E-state index in [9.17, 15) is 23.1 Å². The number of hydrogen-bond donors (Lipinski definition) is 3. The molecule has 0 radical (unpaired) electrons. The number of alkyl halides is 3. The number of hydrogen-bond acceptors (Lipinski definition) is 4. The molecule has 0 spiro atoms. The second-order valence-corrected chi connectivity index (χ2v) is 5.77. The summed E-state index contributed by atoms with van der Waals surface area (Å²) in [6.45, 7) is 2.41. The number of carbonyl (C=O) groups is 1. The second-order valence-electron chi connectivity index (χ2n) is 5.77. The van der Waals surface area contributed by atoms with Crippen molar-refractivity contribution < 1.29 is 23.1 Å². The zero-order valence-electron chi connectivity index (χ0n) is 13.2. The molecule has 3 rings (SSSR count). The molecule has 0 saturated heterocycles. The minimum absolute atomic E-state index is 0.0961. The number of carbonyl (C=O) groups excluding carboxylic acids is 1. The Bertz CT molecular complexity index is 732. The number of nitrogens with zero attached hydrogens (tertiary/aromatic N) is 2. The van der Waals surface area contributed by atoms with Gasteiger partial charge >= 0.3 is 6.18 Å². The minimum Gasteiger partial charge on any atom is -0.378 e. The third-order valence-electron chi connectivity index (χ3n) is 3.97. The van der Waals surface area contributed by atoms with Gasteiger partial charge < -0.3 is 15.7 Å². The van der Waals surface area contributed by atoms with Crippen LogP contribution in [0.1, 0.15) is 28.6 Å². The molecule has 0 bridgehead atoms. The van der Waals surface area contributed by atoms with Gasteiger partial charge in [0.05, 0.1) is 30.0 Å². The third-order valence-corrected chi connectivity index (χ3v) is 3.97. The summed E-state index contributed by atoms with van der Waals surface area (Å²) >= 11 is 0. The Hall–Kier alpha value is -2.39. The molecule has 0 aliphatic carbocycles. The highest BCUT2D eigenvalue weighted by atomic mass is 19.4. The maximum absolute atomic E-state index is 12.5. The lowest BCUT2D eigenvalue weighted by molar-refractivity contribution is -0.137. The third kappa shape index (κ3) is 3.99. The largest absolute Gasteiger partial charge is 0.416 e. The molecule has 6 nitrogen and oxygen atoms in total. The first-order chi connectivity index (χ1) is 11.8. The van der Waals surface area contributed by atoms with E-state index < -0.39 is 23.8 Å². The van der Waals surface area contributed by atoms with E-state index in [-0.39, 0.29) is 12.1 Å². The number of amides is 1. The van der Waals surface area contributed by atoms with Gasteiger partial charge in [-0.25, -0.2) is 0 Å². The molecule has 2 heterocycles. The smallest absolute Gasteiger partial charge is 0.378 e. The summed E-state index contributed by atoms with van der Waals surface area (Å²) in [5.41, 5.74) is 0.936. The molecule has 25 heavy (non-hydrogen) atoms. The molecule has 1 unspecified atom stereocenters. The van der Waals surface area contributed by atoms with Gasteiger partial charge in [0.15, 0.2) is 6.10 Å². The summed E-state index contributed by atoms with van der Waals surface area (Å²) in [6.07, 6.45) is -6.00. The molecule has 1 aliphatic heterocycles. The summed E-state index contributed by atoms with van der Waals surface area (Å²) in [5, 5.41) is 20.1. The van der Waals surface area contributed by atoms with Gasteiger partial charge in [0, 0.05) is 13.1 Å². The molecule has 9 heteroatoms. The Kier molecular flexibility index (Phi) is 4.78. The van der Waals surface area contributed by atoms with E-state index in [2.05, 4.69) is 15.7 Å². The van der Waals surface area contributed by atoms with Crippen LogP contribution < -0.4 is 10.6 Å². The average molecular weight is 354 g/mol. The Labute approximate surface area is 141 Å². The fourth-order valence-corrected chi connectivity index (χ4v) is 2.62. The summed E-state index contributed by atoms with van der Waals surface area (Å²) in [4.78, 5) is 12.0. The molecule has 1 amide bonds. The van der Waals surface area contributed by atoms with Crippen LogP contribution in [0.4, 0.5) is 13.2 Å². The van der Waals surface area contributed by atoms with Crippen molar-refractivity contribution in [3.05, 3.63) is 52.8 Å². The van der Waals surface area contributed by atoms with Crippen molar-refractivity contribution in [1.82, 2.24) is 20.4 Å². The lowest BCUT2D eigenvalue weighted by atomic mass is 10.1. The van der Waals surface area contributed by atoms with E-state index in [0.717, 1.165) is 43.0 Å². The number of benzene rings is 1. The van der Waals surface area contributed by atoms with Crippen LogP contribution in [0.3, 0.4) is 0 Å². The lowest BCUT2D eigenvalue weighted by Crippen LogP contribution is -2.29. The molecule has 134 valence electrons. The van der Waals surface area contributed by atoms with Crippen LogP contribution in [0.2, 0.25) is 0 Å². The molecule has 0 saturated carbocycles. The van der Waals surface area contributed by atoms with E-state index in [1.807, 2.05) is 10.7 Å². The van der Waals surface area contributed by atoms with Crippen LogP contribution in [0.25, 0.3) is 0 Å². The van der Waals surface area contributed by atoms with Crippen molar-refractivity contribution in [1.29, 1.82) is 0 Å². The fraction of sp³-hybridized carbons (Fsp3) is 0.375. The maximum Gasteiger partial charge on any atom is 0.416 e. The zero-order chi connectivity index (χ0) is 18.0. The monoisotopic (exact) mass is 354 g/mol. The van der Waals surface area contributed by atoms with Gasteiger partial charge in [0.1, 0.15) is 0 Å². The van der Waals surface area contributed by atoms with Gasteiger partial charge in [-0.05, 0) is 23.8 Å². The van der Waals surface area contributed by atoms with E-state index in [0.29, 0.717) is 12.2 Å². The molecule has 1 aromatic carbocycles. The van der Waals surface area contributed by atoms with Gasteiger partial charge in [-0.1, -0.05) is 12.1 Å². The highest BCUT2D eigenvalue weighted by Gasteiger charge is 2.30. The van der Waals surface area contributed by atoms with Gasteiger partial charge in [0.2, 0.25) is 0 Å². The summed E-state index contributed by atoms with van der Waals surface area (Å²) < 4.78 is 39.4. The molecule has 1 aromatic heterocycles. The van der Waals surface area contributed by atoms with Crippen LogP contribution in [-0.4, -0.2) is 27.3 Å². The predicted molar refractivity (Wildman–Crippen MR) is 82.2 cm³/mol. The summed E-state index contributed by atoms with van der Waals surface area (Å²) in [5.74, 6) is -0.691. The highest BCUT2D eigenvalue weighted by Crippen LogP contribution is 2.29. The number of halogens is 3. The second kappa shape index (κ2) is 6.85. The SMILES string of the molecule is O=C(NCc1cc2n(n1)CCNC2)C(O)c1ccc(C(F)(F)F)cc1. The van der Waals surface area contributed by atoms with E-state index in [4.69, 9.17) is 0 Å². The van der Waals surface area contributed by atoms with E-state index in [1.54, 1.807) is 0 Å². The molecule has 2 aromatic rings.